The Balaban J connectivity index is 1.69. The first-order valence-electron chi connectivity index (χ1n) is 12.7. The van der Waals surface area contributed by atoms with Gasteiger partial charge in [0.2, 0.25) is 0 Å². The van der Waals surface area contributed by atoms with E-state index < -0.39 is 0 Å². The summed E-state index contributed by atoms with van der Waals surface area (Å²) >= 11 is 0. The molecule has 0 saturated carbocycles. The van der Waals surface area contributed by atoms with Crippen molar-refractivity contribution in [2.24, 2.45) is 0 Å². The van der Waals surface area contributed by atoms with Gasteiger partial charge in [-0.25, -0.2) is 0 Å². The van der Waals surface area contributed by atoms with Gasteiger partial charge in [-0.1, -0.05) is 117 Å². The van der Waals surface area contributed by atoms with Gasteiger partial charge in [0.25, 0.3) is 0 Å². The molecule has 0 fully saturated rings. The molecule has 1 heterocycles. The molecule has 1 aromatic heterocycles. The molecule has 0 saturated heterocycles. The molecule has 0 aliphatic heterocycles. The number of benzene rings is 6. The van der Waals surface area contributed by atoms with Crippen LogP contribution in [0.1, 0.15) is 25.0 Å². The van der Waals surface area contributed by atoms with Gasteiger partial charge in [-0.2, -0.15) is 0 Å². The van der Waals surface area contributed by atoms with E-state index >= 15 is 0 Å². The third-order valence-corrected chi connectivity index (χ3v) is 8.33. The second-order valence-electron chi connectivity index (χ2n) is 10.5. The summed E-state index contributed by atoms with van der Waals surface area (Å²) in [7, 11) is 0. The maximum Gasteiger partial charge on any atom is 0.0623 e. The van der Waals surface area contributed by atoms with E-state index in [0.29, 0.717) is 0 Å². The second kappa shape index (κ2) is 6.86. The number of aromatic nitrogens is 1. The Kier molecular flexibility index (Phi) is 3.79. The zero-order valence-electron chi connectivity index (χ0n) is 20.4. The van der Waals surface area contributed by atoms with Crippen molar-refractivity contribution in [2.75, 3.05) is 0 Å². The minimum absolute atomic E-state index is 0.0953. The molecule has 1 aliphatic carbocycles. The molecule has 7 aromatic rings. The predicted octanol–water partition coefficient (Wildman–Crippen LogP) is 9.40. The number of hydrogen-bond donors (Lipinski definition) is 0. The van der Waals surface area contributed by atoms with Crippen LogP contribution in [-0.2, 0) is 5.41 Å². The molecule has 0 atom stereocenters. The maximum absolute atomic E-state index is 2.52. The molecule has 6 aromatic carbocycles. The summed E-state index contributed by atoms with van der Waals surface area (Å²) in [5.41, 5.74) is 9.35. The van der Waals surface area contributed by atoms with Crippen molar-refractivity contribution in [1.29, 1.82) is 0 Å². The lowest BCUT2D eigenvalue weighted by molar-refractivity contribution is 0.667. The predicted molar refractivity (Wildman–Crippen MR) is 153 cm³/mol. The van der Waals surface area contributed by atoms with Crippen molar-refractivity contribution in [3.63, 3.8) is 0 Å². The molecular weight excluding hydrogens is 434 g/mol. The Morgan fingerprint density at radius 2 is 1.19 bits per heavy atom. The van der Waals surface area contributed by atoms with Crippen LogP contribution in [-0.4, -0.2) is 4.57 Å². The Hall–Kier alpha value is -4.36. The normalized spacial score (nSPS) is 14.1. The second-order valence-corrected chi connectivity index (χ2v) is 10.5. The van der Waals surface area contributed by atoms with E-state index in [4.69, 9.17) is 0 Å². The Morgan fingerprint density at radius 3 is 2.06 bits per heavy atom. The van der Waals surface area contributed by atoms with Crippen LogP contribution >= 0.6 is 0 Å². The molecule has 170 valence electrons. The van der Waals surface area contributed by atoms with E-state index in [1.807, 2.05) is 0 Å². The average molecular weight is 460 g/mol. The van der Waals surface area contributed by atoms with Crippen LogP contribution in [0.5, 0.6) is 0 Å². The minimum atomic E-state index is -0.0953. The van der Waals surface area contributed by atoms with Gasteiger partial charge in [0.15, 0.2) is 0 Å². The highest BCUT2D eigenvalue weighted by Gasteiger charge is 2.39. The highest BCUT2D eigenvalue weighted by molar-refractivity contribution is 6.26. The summed E-state index contributed by atoms with van der Waals surface area (Å²) in [5.74, 6) is 0. The maximum atomic E-state index is 2.52. The van der Waals surface area contributed by atoms with Crippen molar-refractivity contribution >= 4 is 43.4 Å². The summed E-state index contributed by atoms with van der Waals surface area (Å²) in [4.78, 5) is 0. The fourth-order valence-corrected chi connectivity index (χ4v) is 6.85. The third kappa shape index (κ3) is 2.35. The third-order valence-electron chi connectivity index (χ3n) is 8.33. The van der Waals surface area contributed by atoms with Crippen LogP contribution in [0.15, 0.2) is 115 Å². The van der Waals surface area contributed by atoms with E-state index in [2.05, 4.69) is 134 Å². The molecule has 0 N–H and O–H groups in total. The SMILES string of the molecule is CC1(C)c2ccccc2-c2c1c1c3ccccc3n(-c3cccc4ccccc34)c1c1ccccc21. The van der Waals surface area contributed by atoms with E-state index in [1.54, 1.807) is 0 Å². The molecule has 36 heavy (non-hydrogen) atoms. The van der Waals surface area contributed by atoms with Crippen LogP contribution in [0.4, 0.5) is 0 Å². The van der Waals surface area contributed by atoms with Crippen LogP contribution in [0.25, 0.3) is 60.2 Å². The smallest absolute Gasteiger partial charge is 0.0623 e. The summed E-state index contributed by atoms with van der Waals surface area (Å²) < 4.78 is 2.52. The summed E-state index contributed by atoms with van der Waals surface area (Å²) in [5, 5.41) is 7.89. The van der Waals surface area contributed by atoms with Crippen LogP contribution in [0.2, 0.25) is 0 Å². The van der Waals surface area contributed by atoms with E-state index in [0.717, 1.165) is 0 Å². The highest BCUT2D eigenvalue weighted by atomic mass is 15.0. The Labute approximate surface area is 210 Å². The molecule has 0 spiro atoms. The van der Waals surface area contributed by atoms with Gasteiger partial charge in [-0.3, -0.25) is 0 Å². The number of rotatable bonds is 1. The van der Waals surface area contributed by atoms with E-state index in [-0.39, 0.29) is 5.41 Å². The van der Waals surface area contributed by atoms with Crippen molar-refractivity contribution in [2.45, 2.75) is 19.3 Å². The van der Waals surface area contributed by atoms with E-state index in [1.165, 1.54) is 71.3 Å². The van der Waals surface area contributed by atoms with Gasteiger partial charge >= 0.3 is 0 Å². The zero-order chi connectivity index (χ0) is 24.0. The van der Waals surface area contributed by atoms with Gasteiger partial charge < -0.3 is 4.57 Å². The average Bonchev–Trinajstić information content (AvgIpc) is 3.38. The van der Waals surface area contributed by atoms with Crippen molar-refractivity contribution in [3.05, 3.63) is 126 Å². The van der Waals surface area contributed by atoms with Crippen LogP contribution < -0.4 is 0 Å². The largest absolute Gasteiger partial charge is 0.308 e. The van der Waals surface area contributed by atoms with Gasteiger partial charge in [0.1, 0.15) is 0 Å². The lowest BCUT2D eigenvalue weighted by Crippen LogP contribution is -2.15. The number of fused-ring (bicyclic) bond motifs is 11. The standard InChI is InChI=1S/C35H25N/c1-35(2)28-19-9-7-17-26(28)31-24-15-5-6-16-25(24)34-32(33(31)35)27-18-8-10-20-30(27)36(34)29-21-11-13-22-12-3-4-14-23(22)29/h3-21H,1-2H3. The van der Waals surface area contributed by atoms with E-state index in [9.17, 15) is 0 Å². The number of nitrogens with zero attached hydrogens (tertiary/aromatic N) is 1. The quantitative estimate of drug-likeness (QED) is 0.230. The molecule has 8 rings (SSSR count). The molecule has 0 bridgehead atoms. The Morgan fingerprint density at radius 1 is 0.556 bits per heavy atom. The topological polar surface area (TPSA) is 4.93 Å². The van der Waals surface area contributed by atoms with Gasteiger partial charge in [0, 0.05) is 27.0 Å². The molecule has 1 heteroatoms. The molecular formula is C35H25N. The lowest BCUT2D eigenvalue weighted by Gasteiger charge is -2.23. The van der Waals surface area contributed by atoms with Crippen molar-refractivity contribution in [3.8, 4) is 16.8 Å². The van der Waals surface area contributed by atoms with Crippen LogP contribution in [0.3, 0.4) is 0 Å². The summed E-state index contributed by atoms with van der Waals surface area (Å²) in [6.45, 7) is 4.80. The molecule has 0 amide bonds. The molecule has 1 nitrogen and oxygen atoms in total. The van der Waals surface area contributed by atoms with Crippen molar-refractivity contribution < 1.29 is 0 Å². The number of para-hydroxylation sites is 1. The first kappa shape index (κ1) is 19.9. The summed E-state index contributed by atoms with van der Waals surface area (Å²) in [6, 6.07) is 42.4. The lowest BCUT2D eigenvalue weighted by atomic mass is 9.79. The Bertz CT molecular complexity index is 2010. The van der Waals surface area contributed by atoms with Gasteiger partial charge in [-0.15, -0.1) is 0 Å². The van der Waals surface area contributed by atoms with Gasteiger partial charge in [0.05, 0.1) is 16.7 Å². The fraction of sp³-hybridized carbons (Fsp3) is 0.0857. The van der Waals surface area contributed by atoms with Gasteiger partial charge in [-0.05, 0) is 45.2 Å². The monoisotopic (exact) mass is 459 g/mol. The minimum Gasteiger partial charge on any atom is -0.308 e. The zero-order valence-corrected chi connectivity index (χ0v) is 20.4. The molecule has 1 aliphatic rings. The first-order valence-corrected chi connectivity index (χ1v) is 12.7. The molecule has 0 unspecified atom stereocenters. The fourth-order valence-electron chi connectivity index (χ4n) is 6.85. The number of hydrogen-bond acceptors (Lipinski definition) is 0. The molecule has 0 radical (unpaired) electrons. The summed E-state index contributed by atoms with van der Waals surface area (Å²) in [6.07, 6.45) is 0. The highest BCUT2D eigenvalue weighted by Crippen LogP contribution is 2.56. The van der Waals surface area contributed by atoms with Crippen molar-refractivity contribution in [1.82, 2.24) is 4.57 Å². The first-order chi connectivity index (χ1) is 17.7. The van der Waals surface area contributed by atoms with Crippen LogP contribution in [0, 0.1) is 0 Å².